The highest BCUT2D eigenvalue weighted by Gasteiger charge is 2.18. The first-order valence-corrected chi connectivity index (χ1v) is 11.4. The van der Waals surface area contributed by atoms with Crippen molar-refractivity contribution in [1.82, 2.24) is 4.90 Å². The van der Waals surface area contributed by atoms with Gasteiger partial charge in [-0.25, -0.2) is 8.42 Å². The Morgan fingerprint density at radius 3 is 2.50 bits per heavy atom. The summed E-state index contributed by atoms with van der Waals surface area (Å²) in [5, 5.41) is 1.71. The van der Waals surface area contributed by atoms with Crippen molar-refractivity contribution in [1.29, 1.82) is 0 Å². The van der Waals surface area contributed by atoms with Crippen LogP contribution in [0, 0.1) is 0 Å². The zero-order valence-corrected chi connectivity index (χ0v) is 17.2. The molecule has 2 aromatic carbocycles. The molecule has 5 nitrogen and oxygen atoms in total. The number of amides is 1. The third-order valence-electron chi connectivity index (χ3n) is 4.30. The number of sulfonamides is 1. The van der Waals surface area contributed by atoms with Gasteiger partial charge >= 0.3 is 0 Å². The summed E-state index contributed by atoms with van der Waals surface area (Å²) >= 11 is 1.15. The number of hydrogen-bond acceptors (Lipinski definition) is 4. The standard InChI is InChI=1S/C21H22N2O3S2/c1-2-23(14-13-17-8-4-3-5-9-17)21(24)18-10-6-11-19(16-18)22-28(25,26)20-12-7-15-27-20/h3-12,15-16,22H,2,13-14H2,1H3. The highest BCUT2D eigenvalue weighted by atomic mass is 32.2. The Kier molecular flexibility index (Phi) is 6.49. The third-order valence-corrected chi connectivity index (χ3v) is 7.08. The first-order valence-electron chi connectivity index (χ1n) is 8.99. The van der Waals surface area contributed by atoms with Crippen LogP contribution in [-0.4, -0.2) is 32.3 Å². The van der Waals surface area contributed by atoms with Crippen molar-refractivity contribution >= 4 is 33.0 Å². The summed E-state index contributed by atoms with van der Waals surface area (Å²) in [6.07, 6.45) is 0.769. The van der Waals surface area contributed by atoms with Gasteiger partial charge in [0.1, 0.15) is 4.21 Å². The average Bonchev–Trinajstić information content (AvgIpc) is 3.25. The molecule has 0 saturated heterocycles. The molecule has 0 aliphatic heterocycles. The number of hydrogen-bond donors (Lipinski definition) is 1. The Morgan fingerprint density at radius 1 is 1.04 bits per heavy atom. The van der Waals surface area contributed by atoms with E-state index in [4.69, 9.17) is 0 Å². The minimum absolute atomic E-state index is 0.115. The van der Waals surface area contributed by atoms with Gasteiger partial charge in [0.15, 0.2) is 0 Å². The highest BCUT2D eigenvalue weighted by Crippen LogP contribution is 2.21. The Morgan fingerprint density at radius 2 is 1.82 bits per heavy atom. The van der Waals surface area contributed by atoms with Crippen LogP contribution >= 0.6 is 11.3 Å². The molecule has 28 heavy (non-hydrogen) atoms. The van der Waals surface area contributed by atoms with E-state index in [1.165, 1.54) is 5.56 Å². The van der Waals surface area contributed by atoms with Crippen LogP contribution in [0.15, 0.2) is 76.3 Å². The van der Waals surface area contributed by atoms with Gasteiger partial charge in [-0.1, -0.05) is 42.5 Å². The molecular formula is C21H22N2O3S2. The maximum atomic E-state index is 12.9. The van der Waals surface area contributed by atoms with Crippen molar-refractivity contribution in [2.45, 2.75) is 17.6 Å². The molecule has 0 aliphatic rings. The molecular weight excluding hydrogens is 392 g/mol. The number of carbonyl (C=O) groups is 1. The van der Waals surface area contributed by atoms with E-state index in [0.29, 0.717) is 24.3 Å². The topological polar surface area (TPSA) is 66.5 Å². The molecule has 0 atom stereocenters. The van der Waals surface area contributed by atoms with Crippen LogP contribution in [0.4, 0.5) is 5.69 Å². The molecule has 1 amide bonds. The summed E-state index contributed by atoms with van der Waals surface area (Å²) in [7, 11) is -3.64. The number of benzene rings is 2. The van der Waals surface area contributed by atoms with E-state index in [0.717, 1.165) is 17.8 Å². The summed E-state index contributed by atoms with van der Waals surface area (Å²) in [6.45, 7) is 3.12. The van der Waals surface area contributed by atoms with E-state index in [-0.39, 0.29) is 10.1 Å². The van der Waals surface area contributed by atoms with Gasteiger partial charge in [0.05, 0.1) is 0 Å². The van der Waals surface area contributed by atoms with E-state index in [1.54, 1.807) is 46.7 Å². The van der Waals surface area contributed by atoms with Gasteiger partial charge in [0, 0.05) is 24.3 Å². The lowest BCUT2D eigenvalue weighted by Gasteiger charge is -2.21. The summed E-state index contributed by atoms with van der Waals surface area (Å²) < 4.78 is 27.6. The Balaban J connectivity index is 1.72. The number of rotatable bonds is 8. The van der Waals surface area contributed by atoms with Gasteiger partial charge in [-0.05, 0) is 48.6 Å². The largest absolute Gasteiger partial charge is 0.339 e. The number of nitrogens with one attached hydrogen (secondary N) is 1. The van der Waals surface area contributed by atoms with Crippen LogP contribution in [0.5, 0.6) is 0 Å². The molecule has 1 heterocycles. The summed E-state index contributed by atoms with van der Waals surface area (Å²) in [4.78, 5) is 14.7. The van der Waals surface area contributed by atoms with Gasteiger partial charge in [-0.2, -0.15) is 0 Å². The van der Waals surface area contributed by atoms with E-state index >= 15 is 0 Å². The van der Waals surface area contributed by atoms with Crippen LogP contribution in [0.1, 0.15) is 22.8 Å². The molecule has 1 aromatic heterocycles. The molecule has 7 heteroatoms. The summed E-state index contributed by atoms with van der Waals surface area (Å²) in [5.74, 6) is -0.115. The number of carbonyl (C=O) groups excluding carboxylic acids is 1. The van der Waals surface area contributed by atoms with Crippen LogP contribution in [0.3, 0.4) is 0 Å². The normalized spacial score (nSPS) is 11.2. The predicted molar refractivity (Wildman–Crippen MR) is 113 cm³/mol. The SMILES string of the molecule is CCN(CCc1ccccc1)C(=O)c1cccc(NS(=O)(=O)c2cccs2)c1. The monoisotopic (exact) mass is 414 g/mol. The molecule has 0 fully saturated rings. The minimum atomic E-state index is -3.64. The van der Waals surface area contributed by atoms with Gasteiger partial charge in [0.2, 0.25) is 0 Å². The quantitative estimate of drug-likeness (QED) is 0.599. The molecule has 0 bridgehead atoms. The first-order chi connectivity index (χ1) is 13.5. The van der Waals surface area contributed by atoms with Gasteiger partial charge in [-0.15, -0.1) is 11.3 Å². The van der Waals surface area contributed by atoms with Gasteiger partial charge < -0.3 is 4.90 Å². The maximum absolute atomic E-state index is 12.9. The lowest BCUT2D eigenvalue weighted by Crippen LogP contribution is -2.32. The van der Waals surface area contributed by atoms with Crippen LogP contribution in [0.25, 0.3) is 0 Å². The van der Waals surface area contributed by atoms with Crippen molar-refractivity contribution in [2.75, 3.05) is 17.8 Å². The number of likely N-dealkylation sites (N-methyl/N-ethyl adjacent to an activating group) is 1. The number of thiophene rings is 1. The Labute approximate surface area is 169 Å². The molecule has 0 aliphatic carbocycles. The fourth-order valence-corrected chi connectivity index (χ4v) is 4.87. The van der Waals surface area contributed by atoms with Crippen molar-refractivity contribution < 1.29 is 13.2 Å². The highest BCUT2D eigenvalue weighted by molar-refractivity contribution is 7.94. The molecule has 146 valence electrons. The first kappa shape index (κ1) is 20.1. The van der Waals surface area contributed by atoms with Crippen molar-refractivity contribution in [2.24, 2.45) is 0 Å². The predicted octanol–water partition coefficient (Wildman–Crippen LogP) is 4.25. The smallest absolute Gasteiger partial charge is 0.271 e. The van der Waals surface area contributed by atoms with Gasteiger partial charge in [0.25, 0.3) is 15.9 Å². The minimum Gasteiger partial charge on any atom is -0.339 e. The molecule has 0 spiro atoms. The zero-order valence-electron chi connectivity index (χ0n) is 15.5. The van der Waals surface area contributed by atoms with Gasteiger partial charge in [-0.3, -0.25) is 9.52 Å². The van der Waals surface area contributed by atoms with Crippen molar-refractivity contribution in [3.63, 3.8) is 0 Å². The number of anilines is 1. The van der Waals surface area contributed by atoms with Crippen molar-refractivity contribution in [3.8, 4) is 0 Å². The van der Waals surface area contributed by atoms with E-state index < -0.39 is 10.0 Å². The van der Waals surface area contributed by atoms with E-state index in [1.807, 2.05) is 37.3 Å². The molecule has 0 radical (unpaired) electrons. The van der Waals surface area contributed by atoms with Crippen molar-refractivity contribution in [3.05, 3.63) is 83.2 Å². The maximum Gasteiger partial charge on any atom is 0.271 e. The Hall–Kier alpha value is -2.64. The average molecular weight is 415 g/mol. The second-order valence-corrected chi connectivity index (χ2v) is 9.10. The fraction of sp³-hybridized carbons (Fsp3) is 0.190. The molecule has 3 aromatic rings. The Bertz CT molecular complexity index is 1020. The summed E-state index contributed by atoms with van der Waals surface area (Å²) in [5.41, 5.74) is 2.01. The lowest BCUT2D eigenvalue weighted by atomic mass is 10.1. The van der Waals surface area contributed by atoms with Crippen LogP contribution < -0.4 is 4.72 Å². The second kappa shape index (κ2) is 9.03. The van der Waals surface area contributed by atoms with E-state index in [9.17, 15) is 13.2 Å². The second-order valence-electron chi connectivity index (χ2n) is 6.24. The molecule has 3 rings (SSSR count). The molecule has 1 N–H and O–H groups in total. The zero-order chi connectivity index (χ0) is 20.0. The van der Waals surface area contributed by atoms with Crippen LogP contribution in [-0.2, 0) is 16.4 Å². The molecule has 0 unspecified atom stereocenters. The van der Waals surface area contributed by atoms with Crippen LogP contribution in [0.2, 0.25) is 0 Å². The number of nitrogens with zero attached hydrogens (tertiary/aromatic N) is 1. The fourth-order valence-electron chi connectivity index (χ4n) is 2.83. The molecule has 0 saturated carbocycles. The lowest BCUT2D eigenvalue weighted by molar-refractivity contribution is 0.0766. The summed E-state index contributed by atoms with van der Waals surface area (Å²) in [6, 6.07) is 19.9. The third kappa shape index (κ3) is 4.99. The van der Waals surface area contributed by atoms with E-state index in [2.05, 4.69) is 4.72 Å².